The molecule has 2 atom stereocenters. The fourth-order valence-electron chi connectivity index (χ4n) is 8.22. The van der Waals surface area contributed by atoms with Crippen LogP contribution in [-0.2, 0) is 38.2 Å². The number of carbonyl (C=O) groups excluding carboxylic acids is 6. The van der Waals surface area contributed by atoms with Gasteiger partial charge in [-0.2, -0.15) is 0 Å². The van der Waals surface area contributed by atoms with E-state index in [2.05, 4.69) is 21.3 Å². The highest BCUT2D eigenvalue weighted by Crippen LogP contribution is 2.45. The smallest absolute Gasteiger partial charge is 0.314 e. The molecule has 0 fully saturated rings. The van der Waals surface area contributed by atoms with Gasteiger partial charge in [0.05, 0.1) is 12.8 Å². The van der Waals surface area contributed by atoms with E-state index in [0.29, 0.717) is 30.4 Å². The lowest BCUT2D eigenvalue weighted by atomic mass is 9.68. The highest BCUT2D eigenvalue weighted by atomic mass is 16.6. The molecule has 0 spiro atoms. The van der Waals surface area contributed by atoms with E-state index in [1.54, 1.807) is 13.8 Å². The van der Waals surface area contributed by atoms with Crippen LogP contribution in [0.3, 0.4) is 0 Å². The summed E-state index contributed by atoms with van der Waals surface area (Å²) in [6.07, 6.45) is 26.1. The Morgan fingerprint density at radius 2 is 1.00 bits per heavy atom. The second-order valence-electron chi connectivity index (χ2n) is 19.0. The molecule has 4 amide bonds. The minimum atomic E-state index is -0.947. The Morgan fingerprint density at radius 3 is 1.49 bits per heavy atom. The second-order valence-corrected chi connectivity index (χ2v) is 19.0. The van der Waals surface area contributed by atoms with E-state index in [0.717, 1.165) is 33.4 Å². The number of esters is 2. The van der Waals surface area contributed by atoms with Crippen LogP contribution < -0.4 is 21.3 Å². The van der Waals surface area contributed by atoms with E-state index in [-0.39, 0.29) is 69.8 Å². The molecule has 0 radical (unpaired) electrons. The Kier molecular flexibility index (Phi) is 25.9. The first-order chi connectivity index (χ1) is 33.9. The van der Waals surface area contributed by atoms with Crippen LogP contribution in [-0.4, -0.2) is 96.1 Å². The van der Waals surface area contributed by atoms with Crippen molar-refractivity contribution in [3.63, 3.8) is 0 Å². The van der Waals surface area contributed by atoms with Gasteiger partial charge < -0.3 is 41.0 Å². The van der Waals surface area contributed by atoms with Crippen LogP contribution in [0.4, 0.5) is 9.59 Å². The molecule has 6 N–H and O–H groups in total. The molecule has 16 heteroatoms. The molecule has 0 aliphatic heterocycles. The summed E-state index contributed by atoms with van der Waals surface area (Å²) in [7, 11) is 0. The standard InChI is InChI=1S/C56H76N4O12/c1-37(24-20-25-38(2)39(3)40(4)50-42(6)52(68)45(36-56(50,9)10)72-49(66)30-34-60-54(70)58-32-22-28-47(63)64)23-18-16-14-12-11-13-15-17-19-26-43-41(5)51(67)44(35-55(43,7)8)71-48(65)29-33-59-53(69)57-31-21-27-46(61)62/h11-20,23-26,44-45H,21-22,27-36H2,1-10H3,(H,61,62)(H,63,64)(H2,57,59,69)(H2,58,60,70)/b13-11+,14-12+,17-15+,18-16+,24-20+,26-19+,37-23+,38-25+,40-39+. The summed E-state index contributed by atoms with van der Waals surface area (Å²) in [5, 5.41) is 27.5. The Bertz CT molecular complexity index is 2360. The first kappa shape index (κ1) is 61.0. The average molecular weight is 997 g/mol. The Morgan fingerprint density at radius 1 is 0.569 bits per heavy atom. The highest BCUT2D eigenvalue weighted by molar-refractivity contribution is 6.02. The summed E-state index contributed by atoms with van der Waals surface area (Å²) in [6.45, 7) is 20.0. The van der Waals surface area contributed by atoms with Gasteiger partial charge in [0.2, 0.25) is 0 Å². The molecule has 2 rings (SSSR count). The molecule has 0 aromatic rings. The van der Waals surface area contributed by atoms with E-state index in [9.17, 15) is 38.4 Å². The van der Waals surface area contributed by atoms with Gasteiger partial charge in [-0.25, -0.2) is 9.59 Å². The monoisotopic (exact) mass is 997 g/mol. The SMILES string of the molecule is CC1=C(/C=C/C=C/C=C/C=C/C=C/C=C(C)/C=C/C=C(C)/C(C)=C(\C)C2=C(C)C(=O)C(OC(=O)CCNC(=O)NCCCC(=O)O)CC2(C)C)C(C)(C)CC(OC(=O)CCNC(=O)NCCCC(=O)O)C1=O. The number of urea groups is 2. The maximum Gasteiger partial charge on any atom is 0.314 e. The number of allylic oxidation sites excluding steroid dienone is 20. The van der Waals surface area contributed by atoms with Crippen LogP contribution in [0.15, 0.2) is 130 Å². The summed E-state index contributed by atoms with van der Waals surface area (Å²) >= 11 is 0. The number of nitrogens with one attached hydrogen (secondary N) is 4. The van der Waals surface area contributed by atoms with Crippen LogP contribution in [0.25, 0.3) is 0 Å². The second kappa shape index (κ2) is 30.6. The van der Waals surface area contributed by atoms with Crippen molar-refractivity contribution in [1.29, 1.82) is 0 Å². The van der Waals surface area contributed by atoms with Gasteiger partial charge >= 0.3 is 35.9 Å². The maximum atomic E-state index is 13.5. The first-order valence-electron chi connectivity index (χ1n) is 24.3. The number of Topliss-reactive ketones (excluding diaryl/α,β-unsaturated/α-hetero) is 2. The lowest BCUT2D eigenvalue weighted by molar-refractivity contribution is -0.156. The van der Waals surface area contributed by atoms with Crippen molar-refractivity contribution in [2.24, 2.45) is 10.8 Å². The minimum Gasteiger partial charge on any atom is -0.481 e. The molecular weight excluding hydrogens is 921 g/mol. The molecular formula is C56H76N4O12. The molecule has 0 saturated carbocycles. The third-order valence-corrected chi connectivity index (χ3v) is 12.1. The number of hydrogen-bond acceptors (Lipinski definition) is 10. The van der Waals surface area contributed by atoms with Gasteiger partial charge in [0, 0.05) is 51.9 Å². The number of carbonyl (C=O) groups is 8. The van der Waals surface area contributed by atoms with Gasteiger partial charge in [0.15, 0.2) is 23.8 Å². The number of rotatable bonds is 26. The zero-order valence-electron chi connectivity index (χ0n) is 43.7. The molecule has 2 unspecified atom stereocenters. The van der Waals surface area contributed by atoms with Gasteiger partial charge in [0.1, 0.15) is 0 Å². The van der Waals surface area contributed by atoms with E-state index in [4.69, 9.17) is 19.7 Å². The summed E-state index contributed by atoms with van der Waals surface area (Å²) < 4.78 is 11.1. The van der Waals surface area contributed by atoms with E-state index in [1.807, 2.05) is 140 Å². The third kappa shape index (κ3) is 21.9. The van der Waals surface area contributed by atoms with Crippen LogP contribution in [0.2, 0.25) is 0 Å². The molecule has 16 nitrogen and oxygen atoms in total. The molecule has 0 saturated heterocycles. The number of carboxylic acids is 2. The van der Waals surface area contributed by atoms with Crippen LogP contribution in [0, 0.1) is 10.8 Å². The molecule has 0 bridgehead atoms. The van der Waals surface area contributed by atoms with E-state index in [1.165, 1.54) is 0 Å². The summed E-state index contributed by atoms with van der Waals surface area (Å²) in [6, 6.07) is -1.03. The van der Waals surface area contributed by atoms with Gasteiger partial charge in [-0.15, -0.1) is 0 Å². The molecule has 72 heavy (non-hydrogen) atoms. The Balaban J connectivity index is 1.89. The fourth-order valence-corrected chi connectivity index (χ4v) is 8.22. The minimum absolute atomic E-state index is 0.00780. The van der Waals surface area contributed by atoms with Gasteiger partial charge in [0.25, 0.3) is 0 Å². The van der Waals surface area contributed by atoms with E-state index < -0.39 is 59.0 Å². The predicted octanol–water partition coefficient (Wildman–Crippen LogP) is 9.12. The van der Waals surface area contributed by atoms with Gasteiger partial charge in [-0.1, -0.05) is 118 Å². The predicted molar refractivity (Wildman–Crippen MR) is 278 cm³/mol. The maximum absolute atomic E-state index is 13.5. The molecule has 0 aromatic carbocycles. The Hall–Kier alpha value is -7.10. The van der Waals surface area contributed by atoms with E-state index >= 15 is 0 Å². The van der Waals surface area contributed by atoms with Crippen LogP contribution >= 0.6 is 0 Å². The topological polar surface area (TPSA) is 244 Å². The molecule has 0 heterocycles. The van der Waals surface area contributed by atoms with Crippen molar-refractivity contribution in [2.45, 2.75) is 133 Å². The largest absolute Gasteiger partial charge is 0.481 e. The number of hydrogen-bond donors (Lipinski definition) is 6. The fraction of sp³-hybridized carbons (Fsp3) is 0.464. The van der Waals surface area contributed by atoms with Gasteiger partial charge in [-0.3, -0.25) is 28.8 Å². The summed E-state index contributed by atoms with van der Waals surface area (Å²) in [5.41, 5.74) is 6.08. The number of ether oxygens (including phenoxy) is 2. The Labute approximate surface area is 425 Å². The van der Waals surface area contributed by atoms with Crippen LogP contribution in [0.1, 0.15) is 121 Å². The average Bonchev–Trinajstić information content (AvgIpc) is 3.29. The summed E-state index contributed by atoms with van der Waals surface area (Å²) in [4.78, 5) is 96.7. The lowest BCUT2D eigenvalue weighted by Crippen LogP contribution is -2.41. The number of aliphatic carboxylic acids is 2. The normalized spacial score (nSPS) is 19.0. The van der Waals surface area contributed by atoms with Crippen molar-refractivity contribution < 1.29 is 58.0 Å². The quantitative estimate of drug-likeness (QED) is 0.0270. The molecule has 0 aromatic heterocycles. The lowest BCUT2D eigenvalue weighted by Gasteiger charge is -2.38. The zero-order chi connectivity index (χ0) is 54.0. The van der Waals surface area contributed by atoms with Crippen molar-refractivity contribution in [1.82, 2.24) is 21.3 Å². The van der Waals surface area contributed by atoms with Crippen molar-refractivity contribution in [2.75, 3.05) is 26.2 Å². The molecule has 2 aliphatic rings. The molecule has 392 valence electrons. The number of ketones is 2. The zero-order valence-corrected chi connectivity index (χ0v) is 43.7. The highest BCUT2D eigenvalue weighted by Gasteiger charge is 2.42. The first-order valence-corrected chi connectivity index (χ1v) is 24.3. The third-order valence-electron chi connectivity index (χ3n) is 12.1. The molecule has 2 aliphatic carbocycles. The van der Waals surface area contributed by atoms with Crippen molar-refractivity contribution in [3.05, 3.63) is 130 Å². The summed E-state index contributed by atoms with van der Waals surface area (Å²) in [5.74, 6) is -3.59. The number of carboxylic acid groups (broad SMARTS) is 2. The van der Waals surface area contributed by atoms with Crippen molar-refractivity contribution >= 4 is 47.5 Å². The van der Waals surface area contributed by atoms with Crippen LogP contribution in [0.5, 0.6) is 0 Å². The van der Waals surface area contributed by atoms with Gasteiger partial charge in [-0.05, 0) is 104 Å². The number of amides is 4. The van der Waals surface area contributed by atoms with Crippen molar-refractivity contribution in [3.8, 4) is 0 Å².